The monoisotopic (exact) mass is 267 g/mol. The van der Waals surface area contributed by atoms with E-state index in [1.54, 1.807) is 0 Å². The smallest absolute Gasteiger partial charge is 0.329 e. The van der Waals surface area contributed by atoms with Crippen LogP contribution in [-0.4, -0.2) is 9.55 Å². The van der Waals surface area contributed by atoms with Crippen LogP contribution >= 0.6 is 0 Å². The average Bonchev–Trinajstić information content (AvgIpc) is 2.35. The van der Waals surface area contributed by atoms with Crippen molar-refractivity contribution in [3.05, 3.63) is 26.9 Å². The molecule has 3 N–H and O–H groups in total. The van der Waals surface area contributed by atoms with Crippen LogP contribution < -0.4 is 17.0 Å². The van der Waals surface area contributed by atoms with E-state index in [2.05, 4.69) is 11.9 Å². The molecule has 0 bridgehead atoms. The molecule has 0 radical (unpaired) electrons. The van der Waals surface area contributed by atoms with Crippen molar-refractivity contribution in [3.8, 4) is 0 Å². The molecule has 0 aliphatic carbocycles. The summed E-state index contributed by atoms with van der Waals surface area (Å²) in [6.07, 6.45) is 9.69. The summed E-state index contributed by atoms with van der Waals surface area (Å²) in [5.41, 5.74) is 4.82. The van der Waals surface area contributed by atoms with Crippen LogP contribution in [0, 0.1) is 0 Å². The highest BCUT2D eigenvalue weighted by Crippen LogP contribution is 2.09. The number of unbranched alkanes of at least 4 members (excludes halogenated alkanes) is 7. The van der Waals surface area contributed by atoms with E-state index in [1.165, 1.54) is 49.2 Å². The molecule has 5 nitrogen and oxygen atoms in total. The van der Waals surface area contributed by atoms with E-state index >= 15 is 0 Å². The molecular formula is C14H25N3O2. The number of nitrogens with two attached hydrogens (primary N) is 1. The molecule has 0 saturated carbocycles. The normalized spacial score (nSPS) is 10.8. The van der Waals surface area contributed by atoms with Gasteiger partial charge in [-0.05, 0) is 6.42 Å². The molecular weight excluding hydrogens is 242 g/mol. The van der Waals surface area contributed by atoms with Gasteiger partial charge in [0.2, 0.25) is 0 Å². The van der Waals surface area contributed by atoms with Crippen LogP contribution in [0.1, 0.15) is 58.3 Å². The van der Waals surface area contributed by atoms with Gasteiger partial charge in [0.05, 0.1) is 0 Å². The van der Waals surface area contributed by atoms with Gasteiger partial charge in [0.1, 0.15) is 5.82 Å². The molecule has 0 aliphatic heterocycles. The maximum Gasteiger partial charge on any atom is 0.329 e. The first kappa shape index (κ1) is 15.5. The zero-order valence-corrected chi connectivity index (χ0v) is 11.8. The first-order valence-electron chi connectivity index (χ1n) is 7.24. The Balaban J connectivity index is 2.23. The van der Waals surface area contributed by atoms with Gasteiger partial charge in [-0.2, -0.15) is 0 Å². The molecule has 19 heavy (non-hydrogen) atoms. The van der Waals surface area contributed by atoms with E-state index in [0.29, 0.717) is 6.54 Å². The third kappa shape index (κ3) is 5.77. The predicted molar refractivity (Wildman–Crippen MR) is 78.3 cm³/mol. The molecule has 1 aromatic heterocycles. The molecule has 0 aliphatic rings. The lowest BCUT2D eigenvalue weighted by Gasteiger charge is -2.07. The fourth-order valence-electron chi connectivity index (χ4n) is 2.17. The summed E-state index contributed by atoms with van der Waals surface area (Å²) in [6, 6.07) is 1.26. The highest BCUT2D eigenvalue weighted by Gasteiger charge is 2.02. The molecule has 1 rings (SSSR count). The van der Waals surface area contributed by atoms with Crippen molar-refractivity contribution in [2.45, 2.75) is 64.8 Å². The Kier molecular flexibility index (Phi) is 7.00. The molecule has 0 saturated heterocycles. The number of nitrogen functional groups attached to an aromatic ring is 1. The van der Waals surface area contributed by atoms with Gasteiger partial charge in [0.25, 0.3) is 5.56 Å². The number of nitrogens with zero attached hydrogens (tertiary/aromatic N) is 1. The highest BCUT2D eigenvalue weighted by molar-refractivity contribution is 5.25. The Hall–Kier alpha value is -1.52. The lowest BCUT2D eigenvalue weighted by atomic mass is 10.1. The Labute approximate surface area is 113 Å². The molecule has 0 spiro atoms. The highest BCUT2D eigenvalue weighted by atomic mass is 16.2. The first-order chi connectivity index (χ1) is 9.15. The SMILES string of the molecule is CCCCCCCCCCn1c(N)cc(=O)[nH]c1=O. The summed E-state index contributed by atoms with van der Waals surface area (Å²) in [6.45, 7) is 2.79. The van der Waals surface area contributed by atoms with Crippen molar-refractivity contribution in [3.63, 3.8) is 0 Å². The van der Waals surface area contributed by atoms with E-state index in [1.807, 2.05) is 0 Å². The van der Waals surface area contributed by atoms with Gasteiger partial charge in [-0.1, -0.05) is 51.9 Å². The summed E-state index contributed by atoms with van der Waals surface area (Å²) in [4.78, 5) is 24.8. The van der Waals surface area contributed by atoms with Crippen LogP contribution in [-0.2, 0) is 6.54 Å². The number of nitrogens with one attached hydrogen (secondary N) is 1. The molecule has 0 unspecified atom stereocenters. The van der Waals surface area contributed by atoms with Crippen molar-refractivity contribution < 1.29 is 0 Å². The van der Waals surface area contributed by atoms with E-state index in [0.717, 1.165) is 12.8 Å². The second-order valence-electron chi connectivity index (χ2n) is 4.99. The van der Waals surface area contributed by atoms with E-state index in [9.17, 15) is 9.59 Å². The summed E-state index contributed by atoms with van der Waals surface area (Å²) in [7, 11) is 0. The molecule has 0 amide bonds. The number of H-pyrrole nitrogens is 1. The van der Waals surface area contributed by atoms with Gasteiger partial charge in [-0.15, -0.1) is 0 Å². The largest absolute Gasteiger partial charge is 0.385 e. The number of rotatable bonds is 9. The average molecular weight is 267 g/mol. The summed E-state index contributed by atoms with van der Waals surface area (Å²) in [5.74, 6) is 0.247. The Morgan fingerprint density at radius 2 is 1.63 bits per heavy atom. The van der Waals surface area contributed by atoms with Crippen LogP contribution in [0.4, 0.5) is 5.82 Å². The molecule has 0 fully saturated rings. The predicted octanol–water partition coefficient (Wildman–Crippen LogP) is 2.26. The molecule has 1 aromatic rings. The maximum absolute atomic E-state index is 11.5. The van der Waals surface area contributed by atoms with E-state index < -0.39 is 11.2 Å². The van der Waals surface area contributed by atoms with Crippen LogP contribution in [0.5, 0.6) is 0 Å². The van der Waals surface area contributed by atoms with Crippen molar-refractivity contribution in [1.82, 2.24) is 9.55 Å². The van der Waals surface area contributed by atoms with E-state index in [-0.39, 0.29) is 5.82 Å². The maximum atomic E-state index is 11.5. The summed E-state index contributed by atoms with van der Waals surface area (Å²) >= 11 is 0. The minimum absolute atomic E-state index is 0.247. The Morgan fingerprint density at radius 3 is 2.21 bits per heavy atom. The second-order valence-corrected chi connectivity index (χ2v) is 4.99. The number of anilines is 1. The number of hydrogen-bond donors (Lipinski definition) is 2. The Morgan fingerprint density at radius 1 is 1.05 bits per heavy atom. The number of hydrogen-bond acceptors (Lipinski definition) is 3. The molecule has 0 atom stereocenters. The fourth-order valence-corrected chi connectivity index (χ4v) is 2.17. The van der Waals surface area contributed by atoms with Crippen molar-refractivity contribution >= 4 is 5.82 Å². The zero-order chi connectivity index (χ0) is 14.1. The standard InChI is InChI=1S/C14H25N3O2/c1-2-3-4-5-6-7-8-9-10-17-12(15)11-13(18)16-14(17)19/h11H,2-10,15H2,1H3,(H,16,18,19). The summed E-state index contributed by atoms with van der Waals surface area (Å²) in [5, 5.41) is 0. The molecule has 1 heterocycles. The minimum Gasteiger partial charge on any atom is -0.385 e. The van der Waals surface area contributed by atoms with Gasteiger partial charge in [0, 0.05) is 12.6 Å². The fraction of sp³-hybridized carbons (Fsp3) is 0.714. The molecule has 0 aromatic carbocycles. The van der Waals surface area contributed by atoms with Gasteiger partial charge in [-0.3, -0.25) is 14.3 Å². The minimum atomic E-state index is -0.435. The van der Waals surface area contributed by atoms with Gasteiger partial charge < -0.3 is 5.73 Å². The first-order valence-corrected chi connectivity index (χ1v) is 7.24. The quantitative estimate of drug-likeness (QED) is 0.673. The second kappa shape index (κ2) is 8.56. The zero-order valence-electron chi connectivity index (χ0n) is 11.8. The van der Waals surface area contributed by atoms with Gasteiger partial charge in [0.15, 0.2) is 0 Å². The third-order valence-corrected chi connectivity index (χ3v) is 3.30. The van der Waals surface area contributed by atoms with Crippen LogP contribution in [0.3, 0.4) is 0 Å². The van der Waals surface area contributed by atoms with E-state index in [4.69, 9.17) is 5.73 Å². The topological polar surface area (TPSA) is 80.9 Å². The number of aromatic nitrogens is 2. The van der Waals surface area contributed by atoms with Crippen molar-refractivity contribution in [2.24, 2.45) is 0 Å². The molecule has 108 valence electrons. The lowest BCUT2D eigenvalue weighted by Crippen LogP contribution is -2.31. The number of aromatic amines is 1. The third-order valence-electron chi connectivity index (χ3n) is 3.30. The van der Waals surface area contributed by atoms with Crippen LogP contribution in [0.25, 0.3) is 0 Å². The summed E-state index contributed by atoms with van der Waals surface area (Å²) < 4.78 is 1.43. The molecule has 5 heteroatoms. The Bertz CT molecular complexity index is 476. The van der Waals surface area contributed by atoms with Gasteiger partial charge in [-0.25, -0.2) is 4.79 Å². The van der Waals surface area contributed by atoms with Crippen molar-refractivity contribution in [2.75, 3.05) is 5.73 Å². The lowest BCUT2D eigenvalue weighted by molar-refractivity contribution is 0.535. The van der Waals surface area contributed by atoms with Gasteiger partial charge >= 0.3 is 5.69 Å². The van der Waals surface area contributed by atoms with Crippen molar-refractivity contribution in [1.29, 1.82) is 0 Å². The van der Waals surface area contributed by atoms with Crippen LogP contribution in [0.2, 0.25) is 0 Å². The van der Waals surface area contributed by atoms with Crippen LogP contribution in [0.15, 0.2) is 15.7 Å².